The van der Waals surface area contributed by atoms with E-state index in [0.717, 1.165) is 17.5 Å². The molecule has 1 unspecified atom stereocenters. The van der Waals surface area contributed by atoms with Gasteiger partial charge in [0.2, 0.25) is 0 Å². The van der Waals surface area contributed by atoms with E-state index >= 15 is 0 Å². The number of phenols is 3. The zero-order valence-electron chi connectivity index (χ0n) is 23.9. The number of hydrogen-bond acceptors (Lipinski definition) is 7. The van der Waals surface area contributed by atoms with Crippen molar-refractivity contribution in [2.75, 3.05) is 6.61 Å². The number of phenolic OH excluding ortho intramolecular Hbond substituents is 3. The Bertz CT molecular complexity index is 1350. The number of carbonyl (C=O) groups excluding carboxylic acids is 3. The second-order valence-electron chi connectivity index (χ2n) is 9.51. The van der Waals surface area contributed by atoms with E-state index in [2.05, 4.69) is 0 Å². The number of Topliss-reactive ketones (excluding diaryl/α,β-unsaturated/α-hetero) is 2. The van der Waals surface area contributed by atoms with Gasteiger partial charge in [-0.1, -0.05) is 56.3 Å². The van der Waals surface area contributed by atoms with Crippen LogP contribution in [0.1, 0.15) is 65.0 Å². The zero-order valence-corrected chi connectivity index (χ0v) is 23.9. The summed E-state index contributed by atoms with van der Waals surface area (Å²) in [6.07, 6.45) is 2.32. The molecule has 4 rings (SSSR count). The van der Waals surface area contributed by atoms with Crippen LogP contribution in [0.5, 0.6) is 17.2 Å². The largest absolute Gasteiger partial charge is 0.508 e. The Morgan fingerprint density at radius 1 is 0.643 bits per heavy atom. The number of aliphatic hydroxyl groups excluding tert-OH is 1. The molecular formula is C35H38O7. The highest BCUT2D eigenvalue weighted by Crippen LogP contribution is 2.17. The first-order chi connectivity index (χ1) is 20.2. The lowest BCUT2D eigenvalue weighted by atomic mass is 9.93. The Morgan fingerprint density at radius 2 is 1.19 bits per heavy atom. The summed E-state index contributed by atoms with van der Waals surface area (Å²) in [5.41, 5.74) is 2.63. The Balaban J connectivity index is 0.000000223. The average Bonchev–Trinajstić information content (AvgIpc) is 3.01. The smallest absolute Gasteiger partial charge is 0.193 e. The van der Waals surface area contributed by atoms with Gasteiger partial charge in [-0.2, -0.15) is 0 Å². The van der Waals surface area contributed by atoms with Crippen LogP contribution in [0.15, 0.2) is 103 Å². The molecule has 0 aliphatic carbocycles. The van der Waals surface area contributed by atoms with Crippen molar-refractivity contribution in [1.29, 1.82) is 0 Å². The van der Waals surface area contributed by atoms with Crippen molar-refractivity contribution < 1.29 is 34.8 Å². The minimum Gasteiger partial charge on any atom is -0.508 e. The van der Waals surface area contributed by atoms with Gasteiger partial charge in [-0.3, -0.25) is 14.4 Å². The van der Waals surface area contributed by atoms with Crippen molar-refractivity contribution in [2.45, 2.75) is 39.5 Å². The standard InChI is InChI=1S/C13H10O3.C12H16O2.C10H12O2/c14-11-5-1-9(2-6-11)13(16)10-3-7-12(15)8-4-10;1-2-10(8-9-13)12(14)11-6-4-3-5-7-11;1-2-9(11)6-8-4-3-5-10(12)7-8/h1-8,14-15H;3-7,10,13H,2,8-9H2,1H3;3-5,7,12H,2,6H2,1H3. The van der Waals surface area contributed by atoms with Gasteiger partial charge < -0.3 is 20.4 Å². The summed E-state index contributed by atoms with van der Waals surface area (Å²) in [6, 6.07) is 28.2. The van der Waals surface area contributed by atoms with E-state index in [4.69, 9.17) is 20.4 Å². The molecule has 42 heavy (non-hydrogen) atoms. The Labute approximate surface area is 246 Å². The minimum atomic E-state index is -0.139. The molecule has 0 fully saturated rings. The van der Waals surface area contributed by atoms with Crippen LogP contribution < -0.4 is 0 Å². The van der Waals surface area contributed by atoms with Crippen LogP contribution in [0.4, 0.5) is 0 Å². The molecule has 0 heterocycles. The zero-order chi connectivity index (χ0) is 30.9. The summed E-state index contributed by atoms with van der Waals surface area (Å²) in [5.74, 6) is 0.631. The molecule has 7 heteroatoms. The van der Waals surface area contributed by atoms with Gasteiger partial charge in [-0.05, 0) is 79.1 Å². The van der Waals surface area contributed by atoms with Gasteiger partial charge in [-0.25, -0.2) is 0 Å². The topological polar surface area (TPSA) is 132 Å². The molecule has 220 valence electrons. The first kappa shape index (κ1) is 33.5. The number of carbonyl (C=O) groups is 3. The fourth-order valence-corrected chi connectivity index (χ4v) is 3.93. The lowest BCUT2D eigenvalue weighted by Gasteiger charge is -2.11. The molecule has 4 aromatic carbocycles. The van der Waals surface area contributed by atoms with Crippen LogP contribution in [-0.2, 0) is 11.2 Å². The van der Waals surface area contributed by atoms with Crippen LogP contribution in [0.25, 0.3) is 0 Å². The minimum absolute atomic E-state index is 0.0394. The van der Waals surface area contributed by atoms with E-state index in [-0.39, 0.29) is 47.1 Å². The number of hydrogen-bond donors (Lipinski definition) is 4. The van der Waals surface area contributed by atoms with Crippen molar-refractivity contribution in [3.8, 4) is 17.2 Å². The fraction of sp³-hybridized carbons (Fsp3) is 0.229. The summed E-state index contributed by atoms with van der Waals surface area (Å²) in [5, 5.41) is 36.1. The lowest BCUT2D eigenvalue weighted by Crippen LogP contribution is -2.15. The van der Waals surface area contributed by atoms with Crippen molar-refractivity contribution in [2.24, 2.45) is 5.92 Å². The van der Waals surface area contributed by atoms with Crippen LogP contribution in [-0.4, -0.2) is 44.4 Å². The molecule has 0 radical (unpaired) electrons. The predicted octanol–water partition coefficient (Wildman–Crippen LogP) is 6.52. The third-order valence-electron chi connectivity index (χ3n) is 6.36. The van der Waals surface area contributed by atoms with Crippen molar-refractivity contribution in [3.63, 3.8) is 0 Å². The summed E-state index contributed by atoms with van der Waals surface area (Å²) in [4.78, 5) is 34.8. The average molecular weight is 571 g/mol. The number of rotatable bonds is 10. The first-order valence-electron chi connectivity index (χ1n) is 13.8. The molecule has 4 N–H and O–H groups in total. The Morgan fingerprint density at radius 3 is 1.64 bits per heavy atom. The summed E-state index contributed by atoms with van der Waals surface area (Å²) in [6.45, 7) is 3.89. The monoisotopic (exact) mass is 570 g/mol. The van der Waals surface area contributed by atoms with Gasteiger partial charge in [0.1, 0.15) is 23.0 Å². The van der Waals surface area contributed by atoms with E-state index in [0.29, 0.717) is 30.4 Å². The highest BCUT2D eigenvalue weighted by molar-refractivity contribution is 6.09. The molecule has 0 aliphatic rings. The van der Waals surface area contributed by atoms with Gasteiger partial charge in [0, 0.05) is 42.1 Å². The molecule has 0 saturated carbocycles. The van der Waals surface area contributed by atoms with E-state index < -0.39 is 0 Å². The Hall–Kier alpha value is -4.75. The lowest BCUT2D eigenvalue weighted by molar-refractivity contribution is -0.118. The van der Waals surface area contributed by atoms with Gasteiger partial charge in [0.15, 0.2) is 11.6 Å². The van der Waals surface area contributed by atoms with Gasteiger partial charge >= 0.3 is 0 Å². The third kappa shape index (κ3) is 11.4. The van der Waals surface area contributed by atoms with Crippen LogP contribution in [0.2, 0.25) is 0 Å². The van der Waals surface area contributed by atoms with Gasteiger partial charge in [0.25, 0.3) is 0 Å². The predicted molar refractivity (Wildman–Crippen MR) is 163 cm³/mol. The van der Waals surface area contributed by atoms with E-state index in [9.17, 15) is 14.4 Å². The highest BCUT2D eigenvalue weighted by atomic mass is 16.3. The van der Waals surface area contributed by atoms with Crippen LogP contribution in [0.3, 0.4) is 0 Å². The molecule has 0 aliphatic heterocycles. The highest BCUT2D eigenvalue weighted by Gasteiger charge is 2.16. The SMILES string of the molecule is CCC(=O)Cc1cccc(O)c1.CCC(CCO)C(=O)c1ccccc1.O=C(c1ccc(O)cc1)c1ccc(O)cc1. The maximum atomic E-state index is 11.9. The first-order valence-corrected chi connectivity index (χ1v) is 13.8. The fourth-order valence-electron chi connectivity index (χ4n) is 3.93. The Kier molecular flexibility index (Phi) is 14.2. The summed E-state index contributed by atoms with van der Waals surface area (Å²) < 4.78 is 0. The second-order valence-corrected chi connectivity index (χ2v) is 9.51. The summed E-state index contributed by atoms with van der Waals surface area (Å²) >= 11 is 0. The van der Waals surface area contributed by atoms with E-state index in [1.807, 2.05) is 50.2 Å². The molecular weight excluding hydrogens is 532 g/mol. The maximum absolute atomic E-state index is 11.9. The normalized spacial score (nSPS) is 10.7. The van der Waals surface area contributed by atoms with Crippen molar-refractivity contribution in [3.05, 3.63) is 125 Å². The number of aromatic hydroxyl groups is 3. The van der Waals surface area contributed by atoms with Crippen LogP contribution in [0, 0.1) is 5.92 Å². The summed E-state index contributed by atoms with van der Waals surface area (Å²) in [7, 11) is 0. The van der Waals surface area contributed by atoms with E-state index in [1.54, 1.807) is 42.5 Å². The molecule has 0 bridgehead atoms. The molecule has 0 aromatic heterocycles. The van der Waals surface area contributed by atoms with Gasteiger partial charge in [-0.15, -0.1) is 0 Å². The number of aliphatic hydroxyl groups is 1. The van der Waals surface area contributed by atoms with E-state index in [1.165, 1.54) is 24.3 Å². The quantitative estimate of drug-likeness (QED) is 0.160. The molecule has 7 nitrogen and oxygen atoms in total. The van der Waals surface area contributed by atoms with Crippen molar-refractivity contribution >= 4 is 17.3 Å². The van der Waals surface area contributed by atoms with Crippen molar-refractivity contribution in [1.82, 2.24) is 0 Å². The molecule has 0 spiro atoms. The molecule has 1 atom stereocenters. The molecule has 0 amide bonds. The number of benzene rings is 4. The van der Waals surface area contributed by atoms with Gasteiger partial charge in [0.05, 0.1) is 0 Å². The van der Waals surface area contributed by atoms with Crippen LogP contribution >= 0.6 is 0 Å². The molecule has 4 aromatic rings. The maximum Gasteiger partial charge on any atom is 0.193 e. The second kappa shape index (κ2) is 17.8. The molecule has 0 saturated heterocycles. The number of ketones is 3. The third-order valence-corrected chi connectivity index (χ3v) is 6.36.